The van der Waals surface area contributed by atoms with Crippen LogP contribution in [0.25, 0.3) is 0 Å². The maximum atomic E-state index is 9.57. The molecular weight excluding hydrogens is 168 g/mol. The van der Waals surface area contributed by atoms with Gasteiger partial charge in [0.1, 0.15) is 6.79 Å². The number of fused-ring (bicyclic) bond motifs is 2. The molecule has 0 spiro atoms. The van der Waals surface area contributed by atoms with Crippen molar-refractivity contribution in [3.8, 4) is 0 Å². The Morgan fingerprint density at radius 2 is 2.23 bits per heavy atom. The van der Waals surface area contributed by atoms with E-state index in [1.807, 2.05) is 6.08 Å². The quantitative estimate of drug-likeness (QED) is 0.524. The molecule has 0 amide bonds. The average Bonchev–Trinajstić information content (AvgIpc) is 2.48. The minimum atomic E-state index is -0.257. The number of hydrogen-bond donors (Lipinski definition) is 1. The van der Waals surface area contributed by atoms with Crippen LogP contribution in [0.2, 0.25) is 0 Å². The van der Waals surface area contributed by atoms with Crippen molar-refractivity contribution in [3.05, 3.63) is 12.2 Å². The van der Waals surface area contributed by atoms with Crippen molar-refractivity contribution in [3.63, 3.8) is 0 Å². The summed E-state index contributed by atoms with van der Waals surface area (Å²) in [7, 11) is 1.63. The van der Waals surface area contributed by atoms with E-state index < -0.39 is 0 Å². The van der Waals surface area contributed by atoms with Crippen LogP contribution in [-0.4, -0.2) is 31.2 Å². The maximum Gasteiger partial charge on any atom is 0.146 e. The van der Waals surface area contributed by atoms with Crippen molar-refractivity contribution < 1.29 is 14.6 Å². The van der Waals surface area contributed by atoms with E-state index in [1.54, 1.807) is 7.11 Å². The molecule has 1 unspecified atom stereocenters. The highest BCUT2D eigenvalue weighted by Gasteiger charge is 2.39. The average molecular weight is 184 g/mol. The first-order chi connectivity index (χ1) is 6.31. The van der Waals surface area contributed by atoms with Gasteiger partial charge >= 0.3 is 0 Å². The van der Waals surface area contributed by atoms with Gasteiger partial charge in [0.15, 0.2) is 0 Å². The van der Waals surface area contributed by atoms with Crippen molar-refractivity contribution in [2.45, 2.75) is 25.0 Å². The lowest BCUT2D eigenvalue weighted by molar-refractivity contribution is -0.0787. The molecule has 1 N–H and O–H groups in total. The third-order valence-corrected chi connectivity index (χ3v) is 3.03. The summed E-state index contributed by atoms with van der Waals surface area (Å²) in [4.78, 5) is 0. The molecule has 3 heteroatoms. The lowest BCUT2D eigenvalue weighted by Gasteiger charge is -2.18. The zero-order valence-corrected chi connectivity index (χ0v) is 7.85. The molecule has 3 nitrogen and oxygen atoms in total. The van der Waals surface area contributed by atoms with Crippen LogP contribution in [0.3, 0.4) is 0 Å². The minimum Gasteiger partial charge on any atom is -0.389 e. The van der Waals surface area contributed by atoms with Crippen LogP contribution in [0.1, 0.15) is 12.8 Å². The van der Waals surface area contributed by atoms with Crippen molar-refractivity contribution in [2.24, 2.45) is 11.8 Å². The molecular formula is C10H16O3. The molecule has 0 saturated heterocycles. The molecule has 1 saturated carbocycles. The Morgan fingerprint density at radius 3 is 2.92 bits per heavy atom. The fourth-order valence-electron chi connectivity index (χ4n) is 2.31. The molecule has 0 aliphatic heterocycles. The molecule has 74 valence electrons. The Labute approximate surface area is 78.3 Å². The second-order valence-electron chi connectivity index (χ2n) is 3.88. The standard InChI is InChI=1S/C10H16O3/c1-12-6-13-10-5-8-4-7(10)2-3-9(8)11/h2-3,7-11H,4-6H2,1H3/t7-,8-,9-,10?/m0/s1. The summed E-state index contributed by atoms with van der Waals surface area (Å²) in [6, 6.07) is 0. The Kier molecular flexibility index (Phi) is 2.67. The molecule has 2 aliphatic rings. The number of ether oxygens (including phenoxy) is 2. The predicted molar refractivity (Wildman–Crippen MR) is 48.1 cm³/mol. The number of rotatable bonds is 3. The first-order valence-corrected chi connectivity index (χ1v) is 4.78. The van der Waals surface area contributed by atoms with E-state index in [0.717, 1.165) is 12.8 Å². The lowest BCUT2D eigenvalue weighted by atomic mass is 9.93. The largest absolute Gasteiger partial charge is 0.389 e. The topological polar surface area (TPSA) is 38.7 Å². The second kappa shape index (κ2) is 3.78. The molecule has 0 radical (unpaired) electrons. The number of methoxy groups -OCH3 is 1. The first-order valence-electron chi connectivity index (χ1n) is 4.78. The molecule has 13 heavy (non-hydrogen) atoms. The van der Waals surface area contributed by atoms with Gasteiger partial charge in [0.05, 0.1) is 12.2 Å². The van der Waals surface area contributed by atoms with Gasteiger partial charge in [-0.1, -0.05) is 12.2 Å². The molecule has 0 aromatic carbocycles. The third-order valence-electron chi connectivity index (χ3n) is 3.03. The van der Waals surface area contributed by atoms with Gasteiger partial charge in [0.2, 0.25) is 0 Å². The molecule has 0 aromatic rings. The summed E-state index contributed by atoms with van der Waals surface area (Å²) in [6.07, 6.45) is 5.99. The highest BCUT2D eigenvalue weighted by Crippen LogP contribution is 2.39. The summed E-state index contributed by atoms with van der Waals surface area (Å²) >= 11 is 0. The van der Waals surface area contributed by atoms with Crippen molar-refractivity contribution >= 4 is 0 Å². The molecule has 2 rings (SSSR count). The summed E-state index contributed by atoms with van der Waals surface area (Å²) in [6.45, 7) is 0.359. The molecule has 0 heterocycles. The van der Waals surface area contributed by atoms with E-state index in [0.29, 0.717) is 18.6 Å². The van der Waals surface area contributed by atoms with Gasteiger partial charge in [0.25, 0.3) is 0 Å². The Bertz CT molecular complexity index is 202. The minimum absolute atomic E-state index is 0.248. The molecule has 4 atom stereocenters. The third kappa shape index (κ3) is 1.77. The summed E-state index contributed by atoms with van der Waals surface area (Å²) in [5.41, 5.74) is 0. The number of aliphatic hydroxyl groups excluding tert-OH is 1. The fraction of sp³-hybridized carbons (Fsp3) is 0.800. The zero-order chi connectivity index (χ0) is 9.26. The van der Waals surface area contributed by atoms with Gasteiger partial charge in [-0.15, -0.1) is 0 Å². The summed E-state index contributed by atoms with van der Waals surface area (Å²) in [5.74, 6) is 0.889. The van der Waals surface area contributed by atoms with E-state index in [9.17, 15) is 5.11 Å². The highest BCUT2D eigenvalue weighted by atomic mass is 16.7. The zero-order valence-electron chi connectivity index (χ0n) is 7.85. The normalized spacial score (nSPS) is 42.6. The predicted octanol–water partition coefficient (Wildman–Crippen LogP) is 0.932. The summed E-state index contributed by atoms with van der Waals surface area (Å²) in [5, 5.41) is 9.57. The maximum absolute atomic E-state index is 9.57. The van der Waals surface area contributed by atoms with Crippen LogP contribution in [0, 0.1) is 11.8 Å². The Morgan fingerprint density at radius 1 is 1.38 bits per heavy atom. The van der Waals surface area contributed by atoms with Crippen molar-refractivity contribution in [2.75, 3.05) is 13.9 Å². The van der Waals surface area contributed by atoms with Gasteiger partial charge in [0, 0.05) is 13.0 Å². The van der Waals surface area contributed by atoms with Crippen LogP contribution in [0.4, 0.5) is 0 Å². The SMILES string of the molecule is COCOC1C[C@@H]2C[C@@H]1C=C[C@@H]2O. The number of aliphatic hydroxyl groups is 1. The van der Waals surface area contributed by atoms with Crippen molar-refractivity contribution in [1.82, 2.24) is 0 Å². The van der Waals surface area contributed by atoms with Gasteiger partial charge in [-0.3, -0.25) is 0 Å². The number of hydrogen-bond acceptors (Lipinski definition) is 3. The van der Waals surface area contributed by atoms with E-state index in [-0.39, 0.29) is 12.2 Å². The monoisotopic (exact) mass is 184 g/mol. The van der Waals surface area contributed by atoms with Gasteiger partial charge < -0.3 is 14.6 Å². The van der Waals surface area contributed by atoms with Crippen LogP contribution in [0.15, 0.2) is 12.2 Å². The van der Waals surface area contributed by atoms with E-state index in [4.69, 9.17) is 9.47 Å². The van der Waals surface area contributed by atoms with Crippen molar-refractivity contribution in [1.29, 1.82) is 0 Å². The highest BCUT2D eigenvalue weighted by molar-refractivity contribution is 5.09. The first kappa shape index (κ1) is 9.19. The van der Waals surface area contributed by atoms with E-state index in [1.165, 1.54) is 0 Å². The molecule has 0 aromatic heterocycles. The van der Waals surface area contributed by atoms with Gasteiger partial charge in [-0.25, -0.2) is 0 Å². The molecule has 2 aliphatic carbocycles. The van der Waals surface area contributed by atoms with E-state index >= 15 is 0 Å². The van der Waals surface area contributed by atoms with E-state index in [2.05, 4.69) is 6.08 Å². The van der Waals surface area contributed by atoms with Crippen LogP contribution < -0.4 is 0 Å². The molecule has 1 fully saturated rings. The second-order valence-corrected chi connectivity index (χ2v) is 3.88. The van der Waals surface area contributed by atoms with Gasteiger partial charge in [-0.05, 0) is 18.8 Å². The lowest BCUT2D eigenvalue weighted by Crippen LogP contribution is -2.18. The van der Waals surface area contributed by atoms with Gasteiger partial charge in [-0.2, -0.15) is 0 Å². The van der Waals surface area contributed by atoms with Crippen LogP contribution in [-0.2, 0) is 9.47 Å². The molecule has 2 bridgehead atoms. The summed E-state index contributed by atoms with van der Waals surface area (Å²) < 4.78 is 10.4. The Hall–Kier alpha value is -0.380. The van der Waals surface area contributed by atoms with Crippen LogP contribution >= 0.6 is 0 Å². The Balaban J connectivity index is 1.92. The fourth-order valence-corrected chi connectivity index (χ4v) is 2.31. The smallest absolute Gasteiger partial charge is 0.146 e. The van der Waals surface area contributed by atoms with Crippen LogP contribution in [0.5, 0.6) is 0 Å².